The van der Waals surface area contributed by atoms with E-state index in [1.807, 2.05) is 0 Å². The molecule has 0 atom stereocenters. The lowest BCUT2D eigenvalue weighted by Crippen LogP contribution is -1.98. The molecule has 0 spiro atoms. The van der Waals surface area contributed by atoms with Gasteiger partial charge in [0.15, 0.2) is 0 Å². The zero-order valence-electron chi connectivity index (χ0n) is 8.98. The molecular formula is C10H7ClN2O4. The fourth-order valence-corrected chi connectivity index (χ4v) is 1.24. The van der Waals surface area contributed by atoms with Gasteiger partial charge < -0.3 is 4.74 Å². The summed E-state index contributed by atoms with van der Waals surface area (Å²) in [5.74, 6) is 3.72. The number of hydrogen-bond donors (Lipinski definition) is 0. The average Bonchev–Trinajstić information content (AvgIpc) is 2.26. The van der Waals surface area contributed by atoms with E-state index in [1.54, 1.807) is 0 Å². The molecule has 0 N–H and O–H groups in total. The molecule has 0 amide bonds. The molecule has 0 aromatic carbocycles. The average molecular weight is 255 g/mol. The Bertz CT molecular complexity index is 545. The van der Waals surface area contributed by atoms with Crippen LogP contribution in [0.25, 0.3) is 0 Å². The van der Waals surface area contributed by atoms with Crippen molar-refractivity contribution in [1.82, 2.24) is 4.98 Å². The summed E-state index contributed by atoms with van der Waals surface area (Å²) >= 11 is 5.74. The minimum absolute atomic E-state index is 0.00417. The number of hydrogen-bond acceptors (Lipinski definition) is 5. The Morgan fingerprint density at radius 1 is 1.65 bits per heavy atom. The first-order valence-corrected chi connectivity index (χ1v) is 4.75. The lowest BCUT2D eigenvalue weighted by molar-refractivity contribution is -0.385. The highest BCUT2D eigenvalue weighted by molar-refractivity contribution is 6.30. The summed E-state index contributed by atoms with van der Waals surface area (Å²) in [7, 11) is 1.18. The van der Waals surface area contributed by atoms with E-state index in [1.165, 1.54) is 20.1 Å². The van der Waals surface area contributed by atoms with Crippen LogP contribution in [0.4, 0.5) is 5.69 Å². The van der Waals surface area contributed by atoms with Gasteiger partial charge in [-0.2, -0.15) is 0 Å². The molecule has 0 aliphatic heterocycles. The van der Waals surface area contributed by atoms with Crippen molar-refractivity contribution in [3.8, 4) is 11.8 Å². The molecular weight excluding hydrogens is 248 g/mol. The van der Waals surface area contributed by atoms with Crippen molar-refractivity contribution in [2.75, 3.05) is 7.11 Å². The Morgan fingerprint density at radius 3 is 2.82 bits per heavy atom. The van der Waals surface area contributed by atoms with E-state index in [9.17, 15) is 14.9 Å². The molecule has 1 heterocycles. The number of nitro groups is 1. The molecule has 0 radical (unpaired) electrons. The maximum absolute atomic E-state index is 10.8. The molecule has 17 heavy (non-hydrogen) atoms. The second-order valence-electron chi connectivity index (χ2n) is 2.93. The Kier molecular flexibility index (Phi) is 4.01. The van der Waals surface area contributed by atoms with Gasteiger partial charge in [0.05, 0.1) is 17.6 Å². The van der Waals surface area contributed by atoms with E-state index >= 15 is 0 Å². The summed E-state index contributed by atoms with van der Waals surface area (Å²) in [5, 5.41) is 10.7. The molecule has 7 heteroatoms. The maximum atomic E-state index is 10.8. The molecule has 0 unspecified atom stereocenters. The maximum Gasteiger partial charge on any atom is 0.384 e. The van der Waals surface area contributed by atoms with E-state index in [2.05, 4.69) is 21.6 Å². The number of ether oxygens (including phenoxy) is 1. The van der Waals surface area contributed by atoms with Gasteiger partial charge in [0.2, 0.25) is 0 Å². The largest absolute Gasteiger partial charge is 0.459 e. The number of aromatic nitrogens is 1. The van der Waals surface area contributed by atoms with Gasteiger partial charge in [-0.25, -0.2) is 9.78 Å². The van der Waals surface area contributed by atoms with Crippen LogP contribution in [-0.4, -0.2) is 23.0 Å². The lowest BCUT2D eigenvalue weighted by atomic mass is 10.2. The highest BCUT2D eigenvalue weighted by Gasteiger charge is 2.15. The number of esters is 1. The highest BCUT2D eigenvalue weighted by Crippen LogP contribution is 2.22. The van der Waals surface area contributed by atoms with Gasteiger partial charge >= 0.3 is 5.97 Å². The number of rotatable bonds is 1. The van der Waals surface area contributed by atoms with E-state index in [4.69, 9.17) is 11.6 Å². The molecule has 0 aliphatic carbocycles. The Labute approximate surface area is 102 Å². The van der Waals surface area contributed by atoms with Crippen molar-refractivity contribution < 1.29 is 14.5 Å². The zero-order chi connectivity index (χ0) is 13.0. The first kappa shape index (κ1) is 12.9. The minimum atomic E-state index is -0.760. The smallest absolute Gasteiger partial charge is 0.384 e. The van der Waals surface area contributed by atoms with Crippen molar-refractivity contribution >= 4 is 23.3 Å². The number of aryl methyl sites for hydroxylation is 1. The van der Waals surface area contributed by atoms with E-state index in [0.29, 0.717) is 0 Å². The van der Waals surface area contributed by atoms with Crippen LogP contribution in [0.1, 0.15) is 11.3 Å². The van der Waals surface area contributed by atoms with Gasteiger partial charge in [-0.15, -0.1) is 0 Å². The van der Waals surface area contributed by atoms with Crippen LogP contribution in [0, 0.1) is 28.9 Å². The van der Waals surface area contributed by atoms with Crippen molar-refractivity contribution in [1.29, 1.82) is 0 Å². The van der Waals surface area contributed by atoms with Crippen LogP contribution in [0.15, 0.2) is 6.07 Å². The summed E-state index contributed by atoms with van der Waals surface area (Å²) in [6, 6.07) is 1.17. The molecule has 0 fully saturated rings. The molecule has 0 aliphatic rings. The van der Waals surface area contributed by atoms with Gasteiger partial charge in [-0.05, 0) is 6.92 Å². The number of methoxy groups -OCH3 is 1. The van der Waals surface area contributed by atoms with Gasteiger partial charge in [-0.1, -0.05) is 17.5 Å². The van der Waals surface area contributed by atoms with Gasteiger partial charge in [0.25, 0.3) is 5.69 Å². The zero-order valence-corrected chi connectivity index (χ0v) is 9.74. The summed E-state index contributed by atoms with van der Waals surface area (Å²) in [4.78, 5) is 24.6. The first-order valence-electron chi connectivity index (χ1n) is 4.37. The molecule has 1 aromatic heterocycles. The van der Waals surface area contributed by atoms with Crippen LogP contribution in [0.5, 0.6) is 0 Å². The van der Waals surface area contributed by atoms with Crippen molar-refractivity contribution in [3.63, 3.8) is 0 Å². The van der Waals surface area contributed by atoms with Gasteiger partial charge in [0.1, 0.15) is 10.8 Å². The van der Waals surface area contributed by atoms with Crippen LogP contribution in [-0.2, 0) is 9.53 Å². The normalized spacial score (nSPS) is 9.12. The molecule has 0 saturated heterocycles. The van der Waals surface area contributed by atoms with Crippen molar-refractivity contribution in [2.24, 2.45) is 0 Å². The number of nitrogens with zero attached hydrogens (tertiary/aromatic N) is 2. The van der Waals surface area contributed by atoms with Gasteiger partial charge in [-0.3, -0.25) is 10.1 Å². The number of pyridine rings is 1. The summed E-state index contributed by atoms with van der Waals surface area (Å²) in [5.41, 5.74) is 0.0848. The second kappa shape index (κ2) is 5.27. The number of halogens is 1. The third kappa shape index (κ3) is 3.16. The summed E-state index contributed by atoms with van der Waals surface area (Å²) in [6.45, 7) is 1.46. The van der Waals surface area contributed by atoms with Crippen LogP contribution >= 0.6 is 11.6 Å². The van der Waals surface area contributed by atoms with Crippen LogP contribution in [0.3, 0.4) is 0 Å². The molecule has 0 saturated carbocycles. The Balaban J connectivity index is 3.24. The predicted molar refractivity (Wildman–Crippen MR) is 59.5 cm³/mol. The fourth-order valence-electron chi connectivity index (χ4n) is 1.01. The summed E-state index contributed by atoms with van der Waals surface area (Å²) < 4.78 is 4.30. The standard InChI is InChI=1S/C10H7ClN2O4/c1-6-8(13(15)16)5-7(10(11)12-6)3-4-9(14)17-2/h5H,1-2H3. The third-order valence-corrected chi connectivity index (χ3v) is 2.11. The van der Waals surface area contributed by atoms with E-state index < -0.39 is 10.9 Å². The summed E-state index contributed by atoms with van der Waals surface area (Å²) in [6.07, 6.45) is 0. The highest BCUT2D eigenvalue weighted by atomic mass is 35.5. The van der Waals surface area contributed by atoms with E-state index in [0.717, 1.165) is 0 Å². The number of carbonyl (C=O) groups is 1. The molecule has 0 bridgehead atoms. The monoisotopic (exact) mass is 254 g/mol. The molecule has 88 valence electrons. The third-order valence-electron chi connectivity index (χ3n) is 1.82. The second-order valence-corrected chi connectivity index (χ2v) is 3.29. The Hall–Kier alpha value is -2.13. The predicted octanol–water partition coefficient (Wildman–Crippen LogP) is 1.48. The number of carbonyl (C=O) groups excluding carboxylic acids is 1. The first-order chi connectivity index (χ1) is 7.95. The van der Waals surface area contributed by atoms with E-state index in [-0.39, 0.29) is 22.1 Å². The van der Waals surface area contributed by atoms with Crippen molar-refractivity contribution in [3.05, 3.63) is 32.6 Å². The molecule has 1 aromatic rings. The minimum Gasteiger partial charge on any atom is -0.459 e. The van der Waals surface area contributed by atoms with Crippen LogP contribution < -0.4 is 0 Å². The fraction of sp³-hybridized carbons (Fsp3) is 0.200. The van der Waals surface area contributed by atoms with Crippen LogP contribution in [0.2, 0.25) is 5.15 Å². The molecule has 1 rings (SSSR count). The Morgan fingerprint density at radius 2 is 2.29 bits per heavy atom. The van der Waals surface area contributed by atoms with Gasteiger partial charge in [0, 0.05) is 12.0 Å². The van der Waals surface area contributed by atoms with Crippen molar-refractivity contribution in [2.45, 2.75) is 6.92 Å². The quantitative estimate of drug-likeness (QED) is 0.249. The lowest BCUT2D eigenvalue weighted by Gasteiger charge is -1.99. The topological polar surface area (TPSA) is 82.3 Å². The molecule has 6 nitrogen and oxygen atoms in total. The SMILES string of the molecule is COC(=O)C#Cc1cc([N+](=O)[O-])c(C)nc1Cl.